The normalized spacial score (nSPS) is 21.5. The summed E-state index contributed by atoms with van der Waals surface area (Å²) in [4.78, 5) is 9.61. The molecule has 1 saturated heterocycles. The number of nitrogens with one attached hydrogen (secondary N) is 1. The molecule has 4 rings (SSSR count). The maximum atomic E-state index is 5.97. The van der Waals surface area contributed by atoms with Crippen molar-refractivity contribution in [1.29, 1.82) is 0 Å². The van der Waals surface area contributed by atoms with Crippen LogP contribution in [0.25, 0.3) is 0 Å². The van der Waals surface area contributed by atoms with Crippen molar-refractivity contribution >= 4 is 35.6 Å². The maximum Gasteiger partial charge on any atom is 0.188 e. The Balaban J connectivity index is 0.00000210. The average molecular weight is 483 g/mol. The highest BCUT2D eigenvalue weighted by atomic mass is 127. The number of nitrogens with two attached hydrogens (primary N) is 1. The molecule has 3 fully saturated rings. The van der Waals surface area contributed by atoms with E-state index in [9.17, 15) is 0 Å². The number of benzene rings is 1. The van der Waals surface area contributed by atoms with Gasteiger partial charge in [-0.3, -0.25) is 4.90 Å². The Labute approximate surface area is 180 Å². The molecule has 3 N–H and O–H groups in total. The third kappa shape index (κ3) is 6.24. The monoisotopic (exact) mass is 483 g/mol. The summed E-state index contributed by atoms with van der Waals surface area (Å²) < 4.78 is 0. The highest BCUT2D eigenvalue weighted by Crippen LogP contribution is 2.30. The first-order valence-corrected chi connectivity index (χ1v) is 10.4. The molecule has 2 aliphatic carbocycles. The van der Waals surface area contributed by atoms with E-state index in [4.69, 9.17) is 5.73 Å². The van der Waals surface area contributed by atoms with Crippen molar-refractivity contribution in [3.05, 3.63) is 29.8 Å². The Hall–Kier alpha value is -1.02. The predicted molar refractivity (Wildman–Crippen MR) is 124 cm³/mol. The van der Waals surface area contributed by atoms with Gasteiger partial charge in [0.05, 0.1) is 6.54 Å². The number of hydrogen-bond acceptors (Lipinski definition) is 3. The van der Waals surface area contributed by atoms with Crippen LogP contribution in [0.3, 0.4) is 0 Å². The highest BCUT2D eigenvalue weighted by Gasteiger charge is 2.26. The molecule has 27 heavy (non-hydrogen) atoms. The molecule has 150 valence electrons. The van der Waals surface area contributed by atoms with Gasteiger partial charge in [0.2, 0.25) is 0 Å². The van der Waals surface area contributed by atoms with Crippen molar-refractivity contribution in [2.75, 3.05) is 44.2 Å². The fourth-order valence-corrected chi connectivity index (χ4v) is 3.84. The average Bonchev–Trinajstić information content (AvgIpc) is 3.44. The summed E-state index contributed by atoms with van der Waals surface area (Å²) in [6.07, 6.45) is 6.92. The first-order chi connectivity index (χ1) is 12.8. The first-order valence-electron chi connectivity index (χ1n) is 10.4. The number of piperazine rings is 1. The molecule has 1 aromatic rings. The van der Waals surface area contributed by atoms with E-state index in [1.54, 1.807) is 0 Å². The van der Waals surface area contributed by atoms with Crippen molar-refractivity contribution in [1.82, 2.24) is 10.2 Å². The van der Waals surface area contributed by atoms with Gasteiger partial charge in [-0.05, 0) is 55.2 Å². The fourth-order valence-electron chi connectivity index (χ4n) is 3.84. The summed E-state index contributed by atoms with van der Waals surface area (Å²) in [7, 11) is 0. The van der Waals surface area contributed by atoms with E-state index in [0.29, 0.717) is 12.5 Å². The van der Waals surface area contributed by atoms with Crippen molar-refractivity contribution < 1.29 is 0 Å². The van der Waals surface area contributed by atoms with Gasteiger partial charge in [-0.1, -0.05) is 18.6 Å². The minimum Gasteiger partial charge on any atom is -0.370 e. The van der Waals surface area contributed by atoms with Gasteiger partial charge >= 0.3 is 0 Å². The highest BCUT2D eigenvalue weighted by molar-refractivity contribution is 14.0. The molecular formula is C21H34IN5. The lowest BCUT2D eigenvalue weighted by atomic mass is 9.85. The van der Waals surface area contributed by atoms with E-state index < -0.39 is 0 Å². The number of nitrogens with zero attached hydrogens (tertiary/aromatic N) is 3. The fraction of sp³-hybridized carbons (Fsp3) is 0.667. The number of halogens is 1. The minimum atomic E-state index is 0. The molecule has 1 heterocycles. The van der Waals surface area contributed by atoms with Crippen LogP contribution >= 0.6 is 24.0 Å². The number of aliphatic imine (C=N–C) groups is 1. The number of guanidine groups is 1. The van der Waals surface area contributed by atoms with Gasteiger partial charge < -0.3 is 16.0 Å². The van der Waals surface area contributed by atoms with Gasteiger partial charge in [0.25, 0.3) is 0 Å². The smallest absolute Gasteiger partial charge is 0.188 e. The van der Waals surface area contributed by atoms with Crippen LogP contribution in [0.1, 0.15) is 37.7 Å². The second kappa shape index (κ2) is 9.96. The number of hydrogen-bond donors (Lipinski definition) is 2. The standard InChI is InChI=1S/C21H33N5.HI/c22-21(23-14-17-2-1-3-17)24-15-18-6-8-20(9-7-18)26-12-10-25(11-13-26)16-19-4-5-19;/h6-9,17,19H,1-5,10-16H2,(H3,22,23,24);1H. The Morgan fingerprint density at radius 3 is 2.30 bits per heavy atom. The van der Waals surface area contributed by atoms with Crippen LogP contribution < -0.4 is 16.0 Å². The molecule has 1 aromatic carbocycles. The van der Waals surface area contributed by atoms with E-state index in [1.807, 2.05) is 0 Å². The maximum absolute atomic E-state index is 5.97. The summed E-state index contributed by atoms with van der Waals surface area (Å²) >= 11 is 0. The van der Waals surface area contributed by atoms with Gasteiger partial charge in [-0.15, -0.1) is 24.0 Å². The van der Waals surface area contributed by atoms with Crippen LogP contribution in [-0.2, 0) is 6.54 Å². The molecule has 1 aliphatic heterocycles. The van der Waals surface area contributed by atoms with E-state index in [-0.39, 0.29) is 24.0 Å². The molecule has 0 atom stereocenters. The van der Waals surface area contributed by atoms with Crippen LogP contribution in [0.2, 0.25) is 0 Å². The van der Waals surface area contributed by atoms with Crippen LogP contribution in [0.4, 0.5) is 5.69 Å². The lowest BCUT2D eigenvalue weighted by Gasteiger charge is -2.36. The zero-order valence-electron chi connectivity index (χ0n) is 16.3. The topological polar surface area (TPSA) is 56.9 Å². The van der Waals surface area contributed by atoms with Crippen LogP contribution in [0.5, 0.6) is 0 Å². The Morgan fingerprint density at radius 1 is 1.00 bits per heavy atom. The zero-order chi connectivity index (χ0) is 17.8. The molecular weight excluding hydrogens is 449 g/mol. The molecule has 5 nitrogen and oxygen atoms in total. The van der Waals surface area contributed by atoms with Crippen molar-refractivity contribution in [3.8, 4) is 0 Å². The molecule has 0 amide bonds. The lowest BCUT2D eigenvalue weighted by molar-refractivity contribution is 0.248. The molecule has 0 aromatic heterocycles. The van der Waals surface area contributed by atoms with Crippen LogP contribution in [0.15, 0.2) is 29.3 Å². The molecule has 3 aliphatic rings. The van der Waals surface area contributed by atoms with E-state index in [2.05, 4.69) is 44.4 Å². The van der Waals surface area contributed by atoms with Crippen molar-refractivity contribution in [3.63, 3.8) is 0 Å². The van der Waals surface area contributed by atoms with Gasteiger partial charge in [-0.2, -0.15) is 0 Å². The zero-order valence-corrected chi connectivity index (χ0v) is 18.6. The summed E-state index contributed by atoms with van der Waals surface area (Å²) in [5.74, 6) is 2.37. The Kier molecular flexibility index (Phi) is 7.64. The molecule has 0 bridgehead atoms. The summed E-state index contributed by atoms with van der Waals surface area (Å²) in [6.45, 7) is 7.63. The quantitative estimate of drug-likeness (QED) is 0.356. The van der Waals surface area contributed by atoms with E-state index in [1.165, 1.54) is 63.0 Å². The largest absolute Gasteiger partial charge is 0.370 e. The van der Waals surface area contributed by atoms with Crippen molar-refractivity contribution in [2.45, 2.75) is 38.6 Å². The first kappa shape index (κ1) is 20.7. The number of anilines is 1. The molecule has 0 radical (unpaired) electrons. The van der Waals surface area contributed by atoms with E-state index >= 15 is 0 Å². The third-order valence-electron chi connectivity index (χ3n) is 6.12. The van der Waals surface area contributed by atoms with Gasteiger partial charge in [0, 0.05) is 45.0 Å². The SMILES string of the molecule is I.NC(=NCc1ccc(N2CCN(CC3CC3)CC2)cc1)NCC1CCC1. The predicted octanol–water partition coefficient (Wildman–Crippen LogP) is 3.04. The summed E-state index contributed by atoms with van der Waals surface area (Å²) in [5, 5.41) is 3.25. The Bertz CT molecular complexity index is 602. The molecule has 0 spiro atoms. The van der Waals surface area contributed by atoms with Crippen molar-refractivity contribution in [2.24, 2.45) is 22.6 Å². The molecule has 6 heteroatoms. The van der Waals surface area contributed by atoms with E-state index in [0.717, 1.165) is 31.5 Å². The summed E-state index contributed by atoms with van der Waals surface area (Å²) in [5.41, 5.74) is 8.52. The van der Waals surface area contributed by atoms with Gasteiger partial charge in [-0.25, -0.2) is 4.99 Å². The minimum absolute atomic E-state index is 0. The second-order valence-electron chi connectivity index (χ2n) is 8.28. The Morgan fingerprint density at radius 2 is 1.70 bits per heavy atom. The lowest BCUT2D eigenvalue weighted by Crippen LogP contribution is -2.47. The third-order valence-corrected chi connectivity index (χ3v) is 6.12. The molecule has 2 saturated carbocycles. The second-order valence-corrected chi connectivity index (χ2v) is 8.28. The van der Waals surface area contributed by atoms with Gasteiger partial charge in [0.1, 0.15) is 0 Å². The van der Waals surface area contributed by atoms with Crippen LogP contribution in [0, 0.1) is 11.8 Å². The number of rotatable bonds is 7. The van der Waals surface area contributed by atoms with Crippen LogP contribution in [-0.4, -0.2) is 50.1 Å². The van der Waals surface area contributed by atoms with Gasteiger partial charge in [0.15, 0.2) is 5.96 Å². The molecule has 0 unspecified atom stereocenters. The summed E-state index contributed by atoms with van der Waals surface area (Å²) in [6, 6.07) is 8.85.